The second kappa shape index (κ2) is 11.4. The van der Waals surface area contributed by atoms with Crippen LogP contribution in [0.3, 0.4) is 0 Å². The van der Waals surface area contributed by atoms with Gasteiger partial charge in [-0.1, -0.05) is 33.1 Å². The lowest BCUT2D eigenvalue weighted by Crippen LogP contribution is -2.54. The predicted molar refractivity (Wildman–Crippen MR) is 113 cm³/mol. The number of amides is 2. The zero-order valence-electron chi connectivity index (χ0n) is 17.7. The molecule has 1 unspecified atom stereocenters. The van der Waals surface area contributed by atoms with Crippen molar-refractivity contribution in [2.45, 2.75) is 77.0 Å². The highest BCUT2D eigenvalue weighted by Gasteiger charge is 2.31. The van der Waals surface area contributed by atoms with Crippen LogP contribution >= 0.6 is 7.37 Å². The fourth-order valence-corrected chi connectivity index (χ4v) is 6.38. The van der Waals surface area contributed by atoms with Gasteiger partial charge in [-0.05, 0) is 44.1 Å². The van der Waals surface area contributed by atoms with E-state index < -0.39 is 19.5 Å². The molecule has 2 fully saturated rings. The molecule has 29 heavy (non-hydrogen) atoms. The molecule has 0 aromatic rings. The van der Waals surface area contributed by atoms with E-state index in [1.165, 1.54) is 6.42 Å². The maximum atomic E-state index is 12.5. The summed E-state index contributed by atoms with van der Waals surface area (Å²) in [6, 6.07) is -0.977. The van der Waals surface area contributed by atoms with Crippen molar-refractivity contribution < 1.29 is 24.2 Å². The minimum Gasteiger partial charge on any atom is -0.391 e. The molecular formula is C20H38N3O5P. The van der Waals surface area contributed by atoms with Crippen LogP contribution in [-0.4, -0.2) is 65.4 Å². The first kappa shape index (κ1) is 24.3. The summed E-state index contributed by atoms with van der Waals surface area (Å²) in [5.74, 6) is -0.437. The lowest BCUT2D eigenvalue weighted by Gasteiger charge is -2.26. The molecule has 4 atom stereocenters. The Balaban J connectivity index is 1.78. The lowest BCUT2D eigenvalue weighted by molar-refractivity contribution is -0.131. The first-order chi connectivity index (χ1) is 13.7. The molecule has 2 amide bonds. The molecule has 2 aliphatic rings. The number of aliphatic hydroxyl groups excluding tert-OH is 1. The Hall–Kier alpha value is -0.950. The van der Waals surface area contributed by atoms with Crippen LogP contribution in [-0.2, 0) is 14.2 Å². The standard InChI is InChI=1S/C20H38N3O5P/c1-14(2)18(23-19(25)17-9-6-10-21-17)20(26)22-11-16(24)13-29(27,28)12-15-7-4-3-5-8-15/h14-18,21,24H,3-13H2,1-2H3,(H,22,26)(H,23,25)(H,27,28)/t16-,17+,18+/m1/s1. The van der Waals surface area contributed by atoms with Crippen LogP contribution in [0.25, 0.3) is 0 Å². The normalized spacial score (nSPS) is 24.7. The maximum absolute atomic E-state index is 12.5. The van der Waals surface area contributed by atoms with Gasteiger partial charge in [0.1, 0.15) is 6.04 Å². The van der Waals surface area contributed by atoms with Gasteiger partial charge in [-0.25, -0.2) is 0 Å². The summed E-state index contributed by atoms with van der Waals surface area (Å²) in [6.07, 6.45) is 5.97. The molecule has 1 aliphatic carbocycles. The fraction of sp³-hybridized carbons (Fsp3) is 0.900. The van der Waals surface area contributed by atoms with Crippen molar-refractivity contribution in [3.63, 3.8) is 0 Å². The van der Waals surface area contributed by atoms with Crippen molar-refractivity contribution in [1.82, 2.24) is 16.0 Å². The van der Waals surface area contributed by atoms with Crippen molar-refractivity contribution in [3.05, 3.63) is 0 Å². The van der Waals surface area contributed by atoms with E-state index >= 15 is 0 Å². The van der Waals surface area contributed by atoms with Crippen LogP contribution in [0.2, 0.25) is 0 Å². The zero-order chi connectivity index (χ0) is 21.4. The van der Waals surface area contributed by atoms with Crippen molar-refractivity contribution >= 4 is 19.2 Å². The third kappa shape index (κ3) is 8.36. The first-order valence-corrected chi connectivity index (χ1v) is 13.0. The van der Waals surface area contributed by atoms with Gasteiger partial charge in [-0.2, -0.15) is 0 Å². The summed E-state index contributed by atoms with van der Waals surface area (Å²) in [4.78, 5) is 35.1. The lowest BCUT2D eigenvalue weighted by atomic mass is 9.91. The Morgan fingerprint density at radius 1 is 1.14 bits per heavy atom. The molecule has 2 rings (SSSR count). The van der Waals surface area contributed by atoms with Crippen LogP contribution in [0, 0.1) is 11.8 Å². The third-order valence-corrected chi connectivity index (χ3v) is 7.98. The van der Waals surface area contributed by atoms with E-state index in [9.17, 15) is 24.2 Å². The second-order valence-corrected chi connectivity index (χ2v) is 11.4. The maximum Gasteiger partial charge on any atom is 0.242 e. The number of carbonyl (C=O) groups excluding carboxylic acids is 2. The molecular weight excluding hydrogens is 393 g/mol. The van der Waals surface area contributed by atoms with Crippen molar-refractivity contribution in [1.29, 1.82) is 0 Å². The number of aliphatic hydroxyl groups is 1. The van der Waals surface area contributed by atoms with E-state index in [1.54, 1.807) is 0 Å². The highest BCUT2D eigenvalue weighted by atomic mass is 31.2. The van der Waals surface area contributed by atoms with E-state index in [1.807, 2.05) is 13.8 Å². The Kier molecular flexibility index (Phi) is 9.60. The summed E-state index contributed by atoms with van der Waals surface area (Å²) in [5, 5.41) is 18.7. The van der Waals surface area contributed by atoms with E-state index in [4.69, 9.17) is 0 Å². The van der Waals surface area contributed by atoms with Crippen molar-refractivity contribution in [2.75, 3.05) is 25.4 Å². The zero-order valence-corrected chi connectivity index (χ0v) is 18.6. The van der Waals surface area contributed by atoms with Gasteiger partial charge in [0, 0.05) is 12.7 Å². The molecule has 1 aliphatic heterocycles. The molecule has 0 aromatic carbocycles. The number of hydrogen-bond acceptors (Lipinski definition) is 5. The minimum atomic E-state index is -3.44. The third-order valence-electron chi connectivity index (χ3n) is 5.90. The van der Waals surface area contributed by atoms with Gasteiger partial charge in [-0.3, -0.25) is 14.2 Å². The van der Waals surface area contributed by atoms with E-state index in [0.29, 0.717) is 0 Å². The average Bonchev–Trinajstić information content (AvgIpc) is 3.18. The number of hydrogen-bond donors (Lipinski definition) is 5. The molecule has 168 valence electrons. The monoisotopic (exact) mass is 431 g/mol. The van der Waals surface area contributed by atoms with E-state index in [-0.39, 0.29) is 48.6 Å². The Morgan fingerprint density at radius 3 is 2.41 bits per heavy atom. The fourth-order valence-electron chi connectivity index (χ4n) is 4.27. The quantitative estimate of drug-likeness (QED) is 0.331. The van der Waals surface area contributed by atoms with Crippen LogP contribution < -0.4 is 16.0 Å². The van der Waals surface area contributed by atoms with Gasteiger partial charge in [0.05, 0.1) is 18.3 Å². The molecule has 8 nitrogen and oxygen atoms in total. The Bertz CT molecular complexity index is 589. The van der Waals surface area contributed by atoms with Gasteiger partial charge in [0.2, 0.25) is 19.2 Å². The topological polar surface area (TPSA) is 128 Å². The average molecular weight is 432 g/mol. The molecule has 1 saturated carbocycles. The van der Waals surface area contributed by atoms with Crippen LogP contribution in [0.1, 0.15) is 58.8 Å². The second-order valence-electron chi connectivity index (χ2n) is 8.99. The van der Waals surface area contributed by atoms with Gasteiger partial charge >= 0.3 is 0 Å². The molecule has 0 spiro atoms. The summed E-state index contributed by atoms with van der Waals surface area (Å²) >= 11 is 0. The largest absolute Gasteiger partial charge is 0.391 e. The SMILES string of the molecule is CC(C)[C@H](NC(=O)[C@@H]1CCCN1)C(=O)NC[C@@H](O)CP(=O)(O)CC1CCCCC1. The number of nitrogens with one attached hydrogen (secondary N) is 3. The van der Waals surface area contributed by atoms with Gasteiger partial charge in [0.15, 0.2) is 0 Å². The highest BCUT2D eigenvalue weighted by molar-refractivity contribution is 7.58. The van der Waals surface area contributed by atoms with Crippen LogP contribution in [0.4, 0.5) is 0 Å². The minimum absolute atomic E-state index is 0.102. The summed E-state index contributed by atoms with van der Waals surface area (Å²) < 4.78 is 12.5. The van der Waals surface area contributed by atoms with E-state index in [0.717, 1.165) is 45.1 Å². The smallest absolute Gasteiger partial charge is 0.242 e. The molecule has 9 heteroatoms. The number of carbonyl (C=O) groups is 2. The number of rotatable bonds is 10. The Morgan fingerprint density at radius 2 is 1.83 bits per heavy atom. The molecule has 5 N–H and O–H groups in total. The Labute approximate surface area is 174 Å². The molecule has 0 aromatic heterocycles. The first-order valence-electron chi connectivity index (χ1n) is 11.0. The van der Waals surface area contributed by atoms with Crippen LogP contribution in [0.15, 0.2) is 0 Å². The summed E-state index contributed by atoms with van der Waals surface area (Å²) in [6.45, 7) is 4.38. The van der Waals surface area contributed by atoms with Gasteiger partial charge in [-0.15, -0.1) is 0 Å². The summed E-state index contributed by atoms with van der Waals surface area (Å²) in [5.41, 5.74) is 0. The molecule has 1 heterocycles. The van der Waals surface area contributed by atoms with Gasteiger partial charge < -0.3 is 26.0 Å². The summed E-state index contributed by atoms with van der Waals surface area (Å²) in [7, 11) is -3.44. The van der Waals surface area contributed by atoms with Gasteiger partial charge in [0.25, 0.3) is 0 Å². The molecule has 0 radical (unpaired) electrons. The molecule has 0 bridgehead atoms. The highest BCUT2D eigenvalue weighted by Crippen LogP contribution is 2.45. The van der Waals surface area contributed by atoms with E-state index in [2.05, 4.69) is 16.0 Å². The van der Waals surface area contributed by atoms with Crippen molar-refractivity contribution in [3.8, 4) is 0 Å². The molecule has 1 saturated heterocycles. The van der Waals surface area contributed by atoms with Crippen LogP contribution in [0.5, 0.6) is 0 Å². The predicted octanol–water partition coefficient (Wildman–Crippen LogP) is 1.21. The van der Waals surface area contributed by atoms with Crippen molar-refractivity contribution in [2.24, 2.45) is 11.8 Å².